The second-order valence-corrected chi connectivity index (χ2v) is 7.65. The zero-order valence-corrected chi connectivity index (χ0v) is 16.5. The summed E-state index contributed by atoms with van der Waals surface area (Å²) in [7, 11) is 1.54. The third-order valence-corrected chi connectivity index (χ3v) is 5.80. The van der Waals surface area contributed by atoms with Crippen LogP contribution in [0.25, 0.3) is 0 Å². The number of hydrogen-bond donors (Lipinski definition) is 1. The predicted octanol–water partition coefficient (Wildman–Crippen LogP) is 3.67. The van der Waals surface area contributed by atoms with Crippen molar-refractivity contribution >= 4 is 11.9 Å². The Morgan fingerprint density at radius 1 is 1.03 bits per heavy atom. The summed E-state index contributed by atoms with van der Waals surface area (Å²) in [6, 6.07) is 11.8. The maximum absolute atomic E-state index is 13.2. The highest BCUT2D eigenvalue weighted by Crippen LogP contribution is 2.33. The van der Waals surface area contributed by atoms with E-state index < -0.39 is 12.0 Å². The molecule has 1 N–H and O–H groups in total. The monoisotopic (exact) mass is 395 g/mol. The molecule has 1 saturated carbocycles. The number of amides is 1. The number of carboxylic acids is 1. The first kappa shape index (κ1) is 19.3. The van der Waals surface area contributed by atoms with Gasteiger partial charge in [-0.3, -0.25) is 4.79 Å². The number of methoxy groups -OCH3 is 1. The summed E-state index contributed by atoms with van der Waals surface area (Å²) < 4.78 is 11.5. The fraction of sp³-hybridized carbons (Fsp3) is 0.391. The summed E-state index contributed by atoms with van der Waals surface area (Å²) in [5, 5.41) is 9.70. The van der Waals surface area contributed by atoms with Crippen molar-refractivity contribution in [2.24, 2.45) is 0 Å². The molecule has 29 heavy (non-hydrogen) atoms. The van der Waals surface area contributed by atoms with Gasteiger partial charge in [0, 0.05) is 18.5 Å². The van der Waals surface area contributed by atoms with E-state index in [-0.39, 0.29) is 18.6 Å². The molecule has 1 heterocycles. The Hall–Kier alpha value is -3.02. The highest BCUT2D eigenvalue weighted by atomic mass is 16.5. The second-order valence-electron chi connectivity index (χ2n) is 7.65. The molecule has 152 valence electrons. The summed E-state index contributed by atoms with van der Waals surface area (Å²) in [6.07, 6.45) is 4.86. The first-order valence-electron chi connectivity index (χ1n) is 10.0. The van der Waals surface area contributed by atoms with Crippen LogP contribution in [-0.2, 0) is 17.8 Å². The molecule has 1 fully saturated rings. The molecule has 0 saturated heterocycles. The lowest BCUT2D eigenvalue weighted by Gasteiger charge is -2.34. The minimum Gasteiger partial charge on any atom is -0.493 e. The molecule has 1 unspecified atom stereocenters. The van der Waals surface area contributed by atoms with E-state index in [4.69, 9.17) is 9.47 Å². The van der Waals surface area contributed by atoms with Gasteiger partial charge in [-0.05, 0) is 55.0 Å². The predicted molar refractivity (Wildman–Crippen MR) is 107 cm³/mol. The SMILES string of the molecule is COc1cc(C(=O)N2Cc3ccccc3CC2C(=O)O)ccc1OC1CCCC1. The maximum Gasteiger partial charge on any atom is 0.326 e. The van der Waals surface area contributed by atoms with Crippen molar-refractivity contribution < 1.29 is 24.2 Å². The topological polar surface area (TPSA) is 76.1 Å². The molecule has 2 aromatic rings. The van der Waals surface area contributed by atoms with Gasteiger partial charge in [0.2, 0.25) is 0 Å². The van der Waals surface area contributed by atoms with E-state index in [1.165, 1.54) is 4.90 Å². The highest BCUT2D eigenvalue weighted by molar-refractivity contribution is 5.97. The van der Waals surface area contributed by atoms with E-state index in [0.717, 1.165) is 36.8 Å². The minimum atomic E-state index is -0.999. The maximum atomic E-state index is 13.2. The van der Waals surface area contributed by atoms with Gasteiger partial charge < -0.3 is 19.5 Å². The number of fused-ring (bicyclic) bond motifs is 1. The molecule has 1 aliphatic carbocycles. The Bertz CT molecular complexity index is 919. The number of ether oxygens (including phenoxy) is 2. The smallest absolute Gasteiger partial charge is 0.326 e. The third kappa shape index (κ3) is 3.92. The number of carbonyl (C=O) groups excluding carboxylic acids is 1. The van der Waals surface area contributed by atoms with Gasteiger partial charge in [-0.2, -0.15) is 0 Å². The fourth-order valence-electron chi connectivity index (χ4n) is 4.21. The quantitative estimate of drug-likeness (QED) is 0.836. The lowest BCUT2D eigenvalue weighted by molar-refractivity contribution is -0.142. The zero-order valence-electron chi connectivity index (χ0n) is 16.5. The Morgan fingerprint density at radius 2 is 1.76 bits per heavy atom. The number of hydrogen-bond acceptors (Lipinski definition) is 4. The van der Waals surface area contributed by atoms with E-state index in [1.54, 1.807) is 25.3 Å². The number of carboxylic acid groups (broad SMARTS) is 1. The molecule has 0 radical (unpaired) electrons. The highest BCUT2D eigenvalue weighted by Gasteiger charge is 2.35. The van der Waals surface area contributed by atoms with E-state index in [9.17, 15) is 14.7 Å². The molecule has 0 spiro atoms. The van der Waals surface area contributed by atoms with Crippen molar-refractivity contribution in [3.05, 3.63) is 59.2 Å². The van der Waals surface area contributed by atoms with Gasteiger partial charge in [-0.15, -0.1) is 0 Å². The first-order valence-corrected chi connectivity index (χ1v) is 10.0. The average Bonchev–Trinajstić information content (AvgIpc) is 3.25. The van der Waals surface area contributed by atoms with Crippen LogP contribution in [0.5, 0.6) is 11.5 Å². The Morgan fingerprint density at radius 3 is 2.45 bits per heavy atom. The van der Waals surface area contributed by atoms with Crippen molar-refractivity contribution in [3.63, 3.8) is 0 Å². The molecule has 0 bridgehead atoms. The van der Waals surface area contributed by atoms with E-state index in [0.29, 0.717) is 23.5 Å². The van der Waals surface area contributed by atoms with Gasteiger partial charge in [-0.25, -0.2) is 4.79 Å². The fourth-order valence-corrected chi connectivity index (χ4v) is 4.21. The normalized spacial score (nSPS) is 18.9. The van der Waals surface area contributed by atoms with Crippen molar-refractivity contribution in [2.45, 2.75) is 50.8 Å². The molecule has 1 aliphatic heterocycles. The summed E-state index contributed by atoms with van der Waals surface area (Å²) in [6.45, 7) is 0.272. The van der Waals surface area contributed by atoms with Gasteiger partial charge in [-0.1, -0.05) is 24.3 Å². The number of aliphatic carboxylic acids is 1. The molecular weight excluding hydrogens is 370 g/mol. The summed E-state index contributed by atoms with van der Waals surface area (Å²) >= 11 is 0. The van der Waals surface area contributed by atoms with Gasteiger partial charge >= 0.3 is 5.97 Å². The van der Waals surface area contributed by atoms with Crippen LogP contribution in [0.4, 0.5) is 0 Å². The number of benzene rings is 2. The second kappa shape index (κ2) is 8.15. The molecule has 1 amide bonds. The van der Waals surface area contributed by atoms with Crippen molar-refractivity contribution in [1.29, 1.82) is 0 Å². The summed E-state index contributed by atoms with van der Waals surface area (Å²) in [5.74, 6) is -0.208. The number of carbonyl (C=O) groups is 2. The minimum absolute atomic E-state index is 0.181. The third-order valence-electron chi connectivity index (χ3n) is 5.80. The van der Waals surface area contributed by atoms with Crippen molar-refractivity contribution in [3.8, 4) is 11.5 Å². The molecule has 2 aromatic carbocycles. The first-order chi connectivity index (χ1) is 14.1. The zero-order chi connectivity index (χ0) is 20.4. The van der Waals surface area contributed by atoms with E-state index in [1.807, 2.05) is 24.3 Å². The van der Waals surface area contributed by atoms with Crippen LogP contribution in [0.2, 0.25) is 0 Å². The Kier molecular flexibility index (Phi) is 5.43. The van der Waals surface area contributed by atoms with Crippen LogP contribution in [0, 0.1) is 0 Å². The molecule has 1 atom stereocenters. The van der Waals surface area contributed by atoms with Crippen LogP contribution in [0.15, 0.2) is 42.5 Å². The molecule has 6 heteroatoms. The number of rotatable bonds is 5. The van der Waals surface area contributed by atoms with Gasteiger partial charge in [0.05, 0.1) is 13.2 Å². The molecule has 0 aromatic heterocycles. The molecule has 2 aliphatic rings. The molecule has 6 nitrogen and oxygen atoms in total. The Labute approximate surface area is 170 Å². The molecule has 4 rings (SSSR count). The van der Waals surface area contributed by atoms with Crippen LogP contribution in [0.1, 0.15) is 47.2 Å². The largest absolute Gasteiger partial charge is 0.493 e. The van der Waals surface area contributed by atoms with Crippen molar-refractivity contribution in [2.75, 3.05) is 7.11 Å². The van der Waals surface area contributed by atoms with Crippen LogP contribution in [-0.4, -0.2) is 41.1 Å². The van der Waals surface area contributed by atoms with Crippen LogP contribution >= 0.6 is 0 Å². The molecular formula is C23H25NO5. The van der Waals surface area contributed by atoms with Gasteiger partial charge in [0.15, 0.2) is 11.5 Å². The van der Waals surface area contributed by atoms with Crippen LogP contribution in [0.3, 0.4) is 0 Å². The Balaban J connectivity index is 1.60. The average molecular weight is 395 g/mol. The van der Waals surface area contributed by atoms with Gasteiger partial charge in [0.25, 0.3) is 5.91 Å². The summed E-state index contributed by atoms with van der Waals surface area (Å²) in [4.78, 5) is 26.5. The number of nitrogens with zero attached hydrogens (tertiary/aromatic N) is 1. The standard InChI is InChI=1S/C23H25NO5/c1-28-21-13-16(10-11-20(21)29-18-8-4-5-9-18)22(25)24-14-17-7-3-2-6-15(17)12-19(24)23(26)27/h2-3,6-7,10-11,13,18-19H,4-5,8-9,12,14H2,1H3,(H,26,27). The van der Waals surface area contributed by atoms with Crippen molar-refractivity contribution in [1.82, 2.24) is 4.90 Å². The van der Waals surface area contributed by atoms with E-state index >= 15 is 0 Å². The summed E-state index contributed by atoms with van der Waals surface area (Å²) in [5.41, 5.74) is 2.35. The lowest BCUT2D eigenvalue weighted by atomic mass is 9.93. The van der Waals surface area contributed by atoms with E-state index in [2.05, 4.69) is 0 Å². The van der Waals surface area contributed by atoms with Gasteiger partial charge in [0.1, 0.15) is 6.04 Å². The lowest BCUT2D eigenvalue weighted by Crippen LogP contribution is -2.48. The van der Waals surface area contributed by atoms with Crippen LogP contribution < -0.4 is 9.47 Å².